The third kappa shape index (κ3) is 4.71. The molecule has 0 unspecified atom stereocenters. The first-order chi connectivity index (χ1) is 12.0. The lowest BCUT2D eigenvalue weighted by atomic mass is 10.0. The number of carbonyl (C=O) groups is 2. The van der Waals surface area contributed by atoms with Gasteiger partial charge in [-0.05, 0) is 25.7 Å². The summed E-state index contributed by atoms with van der Waals surface area (Å²) in [5.74, 6) is 0.587. The van der Waals surface area contributed by atoms with E-state index in [0.717, 1.165) is 19.3 Å². The third-order valence-corrected chi connectivity index (χ3v) is 4.91. The van der Waals surface area contributed by atoms with Crippen molar-refractivity contribution in [1.29, 1.82) is 0 Å². The normalized spacial score (nSPS) is 16.8. The molecule has 5 heteroatoms. The van der Waals surface area contributed by atoms with Gasteiger partial charge in [0, 0.05) is 6.42 Å². The molecule has 2 amide bonds. The quantitative estimate of drug-likeness (QED) is 0.546. The molecule has 5 nitrogen and oxygen atoms in total. The van der Waals surface area contributed by atoms with Crippen LogP contribution >= 0.6 is 0 Å². The van der Waals surface area contributed by atoms with Crippen molar-refractivity contribution in [3.8, 4) is 0 Å². The number of hydrogen-bond acceptors (Lipinski definition) is 4. The predicted molar refractivity (Wildman–Crippen MR) is 97.2 cm³/mol. The van der Waals surface area contributed by atoms with Crippen LogP contribution in [-0.4, -0.2) is 21.9 Å². The van der Waals surface area contributed by atoms with Crippen molar-refractivity contribution in [2.75, 3.05) is 0 Å². The van der Waals surface area contributed by atoms with E-state index in [4.69, 9.17) is 4.52 Å². The van der Waals surface area contributed by atoms with Crippen LogP contribution in [0.5, 0.6) is 0 Å². The minimum absolute atomic E-state index is 0.0680. The summed E-state index contributed by atoms with van der Waals surface area (Å²) in [6, 6.07) is -0.267. The van der Waals surface area contributed by atoms with Gasteiger partial charge in [0.05, 0.1) is 6.04 Å². The Morgan fingerprint density at radius 1 is 1.16 bits per heavy atom. The maximum atomic E-state index is 12.7. The van der Waals surface area contributed by atoms with E-state index in [9.17, 15) is 9.59 Å². The lowest BCUT2D eigenvalue weighted by Crippen LogP contribution is -2.35. The van der Waals surface area contributed by atoms with E-state index < -0.39 is 0 Å². The second-order valence-corrected chi connectivity index (χ2v) is 7.58. The Balaban J connectivity index is 1.92. The number of aromatic nitrogens is 1. The SMILES string of the molecule is CCCCCCCCCC(=O)N1C(=O)c2c(noc2C)[C@@H]1CC(C)C. The summed E-state index contributed by atoms with van der Waals surface area (Å²) < 4.78 is 5.18. The van der Waals surface area contributed by atoms with Gasteiger partial charge in [-0.25, -0.2) is 0 Å². The molecule has 25 heavy (non-hydrogen) atoms. The average Bonchev–Trinajstić information content (AvgIpc) is 3.06. The third-order valence-electron chi connectivity index (χ3n) is 4.91. The van der Waals surface area contributed by atoms with Crippen molar-refractivity contribution < 1.29 is 14.1 Å². The fourth-order valence-corrected chi connectivity index (χ4v) is 3.57. The van der Waals surface area contributed by atoms with Crippen LogP contribution < -0.4 is 0 Å². The van der Waals surface area contributed by atoms with Crippen molar-refractivity contribution in [3.05, 3.63) is 17.0 Å². The van der Waals surface area contributed by atoms with Crippen LogP contribution in [-0.2, 0) is 4.79 Å². The van der Waals surface area contributed by atoms with Crippen molar-refractivity contribution in [2.24, 2.45) is 5.92 Å². The number of carbonyl (C=O) groups excluding carboxylic acids is 2. The minimum Gasteiger partial charge on any atom is -0.360 e. The van der Waals surface area contributed by atoms with Crippen molar-refractivity contribution in [2.45, 2.75) is 91.5 Å². The van der Waals surface area contributed by atoms with Crippen LogP contribution in [0.25, 0.3) is 0 Å². The number of amides is 2. The van der Waals surface area contributed by atoms with Crippen LogP contribution in [0, 0.1) is 12.8 Å². The highest BCUT2D eigenvalue weighted by Gasteiger charge is 2.44. The smallest absolute Gasteiger partial charge is 0.266 e. The van der Waals surface area contributed by atoms with E-state index in [1.807, 2.05) is 0 Å². The molecule has 1 aromatic rings. The van der Waals surface area contributed by atoms with E-state index in [1.54, 1.807) is 6.92 Å². The molecule has 0 N–H and O–H groups in total. The number of hydrogen-bond donors (Lipinski definition) is 0. The molecule has 1 aliphatic rings. The van der Waals surface area contributed by atoms with Crippen LogP contribution in [0.15, 0.2) is 4.52 Å². The summed E-state index contributed by atoms with van der Waals surface area (Å²) >= 11 is 0. The zero-order chi connectivity index (χ0) is 18.4. The van der Waals surface area contributed by atoms with E-state index in [1.165, 1.54) is 37.0 Å². The minimum atomic E-state index is -0.267. The Bertz CT molecular complexity index is 592. The summed E-state index contributed by atoms with van der Waals surface area (Å²) in [4.78, 5) is 26.9. The number of rotatable bonds is 10. The molecule has 140 valence electrons. The monoisotopic (exact) mass is 348 g/mol. The zero-order valence-electron chi connectivity index (χ0n) is 16.1. The summed E-state index contributed by atoms with van der Waals surface area (Å²) in [5.41, 5.74) is 1.14. The van der Waals surface area contributed by atoms with Gasteiger partial charge in [0.15, 0.2) is 0 Å². The zero-order valence-corrected chi connectivity index (χ0v) is 16.1. The molecule has 0 spiro atoms. The van der Waals surface area contributed by atoms with Gasteiger partial charge in [0.25, 0.3) is 5.91 Å². The molecule has 1 aromatic heterocycles. The predicted octanol–water partition coefficient (Wildman–Crippen LogP) is 5.19. The molecular formula is C20H32N2O3. The molecule has 0 saturated heterocycles. The van der Waals surface area contributed by atoms with Crippen LogP contribution in [0.1, 0.15) is 106 Å². The fourth-order valence-electron chi connectivity index (χ4n) is 3.57. The number of unbranched alkanes of at least 4 members (excludes halogenated alkanes) is 6. The lowest BCUT2D eigenvalue weighted by Gasteiger charge is -2.24. The van der Waals surface area contributed by atoms with Crippen molar-refractivity contribution in [3.63, 3.8) is 0 Å². The van der Waals surface area contributed by atoms with Crippen LogP contribution in [0.2, 0.25) is 0 Å². The Morgan fingerprint density at radius 2 is 1.80 bits per heavy atom. The Hall–Kier alpha value is -1.65. The molecule has 0 aromatic carbocycles. The molecule has 0 aliphatic carbocycles. The van der Waals surface area contributed by atoms with E-state index >= 15 is 0 Å². The number of imide groups is 1. The van der Waals surface area contributed by atoms with Crippen LogP contribution in [0.3, 0.4) is 0 Å². The highest BCUT2D eigenvalue weighted by molar-refractivity contribution is 6.08. The van der Waals surface area contributed by atoms with Gasteiger partial charge in [-0.3, -0.25) is 14.5 Å². The van der Waals surface area contributed by atoms with Gasteiger partial charge in [-0.2, -0.15) is 0 Å². The Labute approximate surface area is 151 Å². The number of aryl methyl sites for hydroxylation is 1. The molecule has 0 fully saturated rings. The molecule has 0 saturated carbocycles. The van der Waals surface area contributed by atoms with E-state index in [2.05, 4.69) is 25.9 Å². The molecule has 0 bridgehead atoms. The molecule has 1 aliphatic heterocycles. The van der Waals surface area contributed by atoms with Gasteiger partial charge in [0.1, 0.15) is 17.0 Å². The molecule has 2 rings (SSSR count). The van der Waals surface area contributed by atoms with E-state index in [0.29, 0.717) is 29.4 Å². The van der Waals surface area contributed by atoms with Gasteiger partial charge in [0.2, 0.25) is 5.91 Å². The molecular weight excluding hydrogens is 316 g/mol. The second-order valence-electron chi connectivity index (χ2n) is 7.58. The van der Waals surface area contributed by atoms with Crippen LogP contribution in [0.4, 0.5) is 0 Å². The summed E-state index contributed by atoms with van der Waals surface area (Å²) in [6.45, 7) is 8.13. The van der Waals surface area contributed by atoms with Gasteiger partial charge in [-0.15, -0.1) is 0 Å². The van der Waals surface area contributed by atoms with Gasteiger partial charge >= 0.3 is 0 Å². The van der Waals surface area contributed by atoms with Crippen molar-refractivity contribution >= 4 is 11.8 Å². The van der Waals surface area contributed by atoms with Gasteiger partial charge in [-0.1, -0.05) is 64.5 Å². The fraction of sp³-hybridized carbons (Fsp3) is 0.750. The summed E-state index contributed by atoms with van der Waals surface area (Å²) in [7, 11) is 0. The maximum Gasteiger partial charge on any atom is 0.266 e. The average molecular weight is 348 g/mol. The lowest BCUT2D eigenvalue weighted by molar-refractivity contribution is -0.130. The first kappa shape index (κ1) is 19.7. The van der Waals surface area contributed by atoms with Gasteiger partial charge < -0.3 is 4.52 Å². The highest BCUT2D eigenvalue weighted by atomic mass is 16.5. The topological polar surface area (TPSA) is 63.4 Å². The largest absolute Gasteiger partial charge is 0.360 e. The first-order valence-electron chi connectivity index (χ1n) is 9.79. The standard InChI is InChI=1S/C20H32N2O3/c1-5-6-7-8-9-10-11-12-17(23)22-16(13-14(2)3)19-18(20(22)24)15(4)25-21-19/h14,16H,5-13H2,1-4H3/t16-/m0/s1. The van der Waals surface area contributed by atoms with Crippen molar-refractivity contribution in [1.82, 2.24) is 10.1 Å². The Morgan fingerprint density at radius 3 is 2.44 bits per heavy atom. The molecule has 0 radical (unpaired) electrons. The molecule has 2 heterocycles. The maximum absolute atomic E-state index is 12.7. The highest BCUT2D eigenvalue weighted by Crippen LogP contribution is 2.39. The Kier molecular flexibility index (Phi) is 7.21. The molecule has 1 atom stereocenters. The first-order valence-corrected chi connectivity index (χ1v) is 9.79. The summed E-state index contributed by atoms with van der Waals surface area (Å²) in [5, 5.41) is 4.06. The van der Waals surface area contributed by atoms with E-state index in [-0.39, 0.29) is 17.9 Å². The number of fused-ring (bicyclic) bond motifs is 1. The second kappa shape index (κ2) is 9.16. The summed E-state index contributed by atoms with van der Waals surface area (Å²) in [6.07, 6.45) is 9.29. The number of nitrogens with zero attached hydrogens (tertiary/aromatic N) is 2.